The van der Waals surface area contributed by atoms with E-state index in [1.807, 2.05) is 19.1 Å². The highest BCUT2D eigenvalue weighted by molar-refractivity contribution is 9.10. The lowest BCUT2D eigenvalue weighted by molar-refractivity contribution is -0.00268. The average Bonchev–Trinajstić information content (AvgIpc) is 2.36. The summed E-state index contributed by atoms with van der Waals surface area (Å²) >= 11 is 3.48. The summed E-state index contributed by atoms with van der Waals surface area (Å²) in [5.74, 6) is 0.402. The molecule has 0 aliphatic carbocycles. The number of aromatic hydroxyl groups is 1. The Morgan fingerprint density at radius 2 is 2.21 bits per heavy atom. The Balaban J connectivity index is 1.96. The molecule has 1 aliphatic rings. The fourth-order valence-electron chi connectivity index (χ4n) is 2.58. The van der Waals surface area contributed by atoms with Crippen molar-refractivity contribution in [1.82, 2.24) is 4.90 Å². The summed E-state index contributed by atoms with van der Waals surface area (Å²) < 4.78 is 6.76. The lowest BCUT2D eigenvalue weighted by Crippen LogP contribution is -2.33. The van der Waals surface area contributed by atoms with Crippen LogP contribution in [0.5, 0.6) is 5.75 Å². The van der Waals surface area contributed by atoms with Gasteiger partial charge in [0.05, 0.1) is 6.10 Å². The summed E-state index contributed by atoms with van der Waals surface area (Å²) in [4.78, 5) is 2.22. The Morgan fingerprint density at radius 1 is 1.42 bits per heavy atom. The van der Waals surface area contributed by atoms with E-state index in [9.17, 15) is 5.11 Å². The first-order valence-electron chi connectivity index (χ1n) is 6.84. The minimum atomic E-state index is 0.342. The molecule has 1 aromatic rings. The van der Waals surface area contributed by atoms with Crippen LogP contribution in [0.1, 0.15) is 30.4 Å². The SMILES string of the molecule is Cc1cc(Br)cc(CN(C)CC2CCCCO2)c1O. The highest BCUT2D eigenvalue weighted by atomic mass is 79.9. The number of nitrogens with zero attached hydrogens (tertiary/aromatic N) is 1. The van der Waals surface area contributed by atoms with E-state index in [0.29, 0.717) is 11.9 Å². The van der Waals surface area contributed by atoms with Crippen molar-refractivity contribution >= 4 is 15.9 Å². The van der Waals surface area contributed by atoms with E-state index in [-0.39, 0.29) is 0 Å². The Hall–Kier alpha value is -0.580. The van der Waals surface area contributed by atoms with Gasteiger partial charge in [-0.15, -0.1) is 0 Å². The summed E-state index contributed by atoms with van der Waals surface area (Å²) in [6.07, 6.45) is 3.94. The van der Waals surface area contributed by atoms with Crippen molar-refractivity contribution in [2.45, 2.75) is 38.8 Å². The molecule has 3 nitrogen and oxygen atoms in total. The van der Waals surface area contributed by atoms with Crippen LogP contribution < -0.4 is 0 Å². The normalized spacial score (nSPS) is 19.9. The van der Waals surface area contributed by atoms with Gasteiger partial charge in [0, 0.05) is 29.7 Å². The number of ether oxygens (including phenoxy) is 1. The maximum atomic E-state index is 10.1. The second kappa shape index (κ2) is 6.73. The van der Waals surface area contributed by atoms with Gasteiger partial charge in [-0.05, 0) is 50.9 Å². The third-order valence-corrected chi connectivity index (χ3v) is 4.03. The number of likely N-dealkylation sites (N-methyl/N-ethyl adjacent to an activating group) is 1. The number of rotatable bonds is 4. The Kier molecular flexibility index (Phi) is 5.25. The predicted octanol–water partition coefficient (Wildman–Crippen LogP) is 3.46. The third-order valence-electron chi connectivity index (χ3n) is 3.57. The molecule has 0 spiro atoms. The number of phenolic OH excluding ortho intramolecular Hbond substituents is 1. The molecule has 4 heteroatoms. The topological polar surface area (TPSA) is 32.7 Å². The van der Waals surface area contributed by atoms with Gasteiger partial charge in [0.15, 0.2) is 0 Å². The van der Waals surface area contributed by atoms with Crippen LogP contribution in [0.2, 0.25) is 0 Å². The number of aryl methyl sites for hydroxylation is 1. The summed E-state index contributed by atoms with van der Waals surface area (Å²) in [7, 11) is 2.08. The second-order valence-electron chi connectivity index (χ2n) is 5.42. The van der Waals surface area contributed by atoms with Crippen molar-refractivity contribution in [3.63, 3.8) is 0 Å². The molecule has 1 fully saturated rings. The monoisotopic (exact) mass is 327 g/mol. The largest absolute Gasteiger partial charge is 0.507 e. The van der Waals surface area contributed by atoms with Crippen LogP contribution in [0.15, 0.2) is 16.6 Å². The zero-order chi connectivity index (χ0) is 13.8. The van der Waals surface area contributed by atoms with E-state index in [4.69, 9.17) is 4.74 Å². The van der Waals surface area contributed by atoms with Crippen LogP contribution >= 0.6 is 15.9 Å². The Morgan fingerprint density at radius 3 is 2.89 bits per heavy atom. The Bertz CT molecular complexity index is 430. The molecule has 1 unspecified atom stereocenters. The van der Waals surface area contributed by atoms with Crippen LogP contribution in [0, 0.1) is 6.92 Å². The number of hydrogen-bond donors (Lipinski definition) is 1. The maximum absolute atomic E-state index is 10.1. The number of halogens is 1. The fourth-order valence-corrected chi connectivity index (χ4v) is 3.20. The molecular weight excluding hydrogens is 306 g/mol. The highest BCUT2D eigenvalue weighted by Crippen LogP contribution is 2.27. The van der Waals surface area contributed by atoms with E-state index in [2.05, 4.69) is 27.9 Å². The smallest absolute Gasteiger partial charge is 0.123 e. The van der Waals surface area contributed by atoms with Crippen LogP contribution in [0.3, 0.4) is 0 Å². The van der Waals surface area contributed by atoms with Gasteiger partial charge in [0.2, 0.25) is 0 Å². The van der Waals surface area contributed by atoms with Gasteiger partial charge >= 0.3 is 0 Å². The molecule has 0 amide bonds. The number of benzene rings is 1. The first-order chi connectivity index (χ1) is 9.06. The molecule has 1 N–H and O–H groups in total. The minimum absolute atomic E-state index is 0.342. The van der Waals surface area contributed by atoms with Gasteiger partial charge in [-0.1, -0.05) is 15.9 Å². The summed E-state index contributed by atoms with van der Waals surface area (Å²) in [5, 5.41) is 10.1. The average molecular weight is 328 g/mol. The summed E-state index contributed by atoms with van der Waals surface area (Å²) in [5.41, 5.74) is 1.87. The van der Waals surface area contributed by atoms with Crippen molar-refractivity contribution in [3.8, 4) is 5.75 Å². The molecule has 1 aromatic carbocycles. The Labute approximate surface area is 123 Å². The second-order valence-corrected chi connectivity index (χ2v) is 6.33. The van der Waals surface area contributed by atoms with Crippen molar-refractivity contribution in [3.05, 3.63) is 27.7 Å². The maximum Gasteiger partial charge on any atom is 0.123 e. The van der Waals surface area contributed by atoms with E-state index >= 15 is 0 Å². The molecule has 0 radical (unpaired) electrons. The molecule has 0 saturated carbocycles. The molecule has 1 aliphatic heterocycles. The van der Waals surface area contributed by atoms with Crippen LogP contribution in [-0.2, 0) is 11.3 Å². The molecule has 1 atom stereocenters. The van der Waals surface area contributed by atoms with E-state index in [1.165, 1.54) is 12.8 Å². The van der Waals surface area contributed by atoms with Gasteiger partial charge in [-0.3, -0.25) is 4.90 Å². The zero-order valence-electron chi connectivity index (χ0n) is 11.7. The molecular formula is C15H22BrNO2. The van der Waals surface area contributed by atoms with E-state index in [1.54, 1.807) is 0 Å². The number of phenols is 1. The molecule has 0 bridgehead atoms. The van der Waals surface area contributed by atoms with Crippen molar-refractivity contribution < 1.29 is 9.84 Å². The van der Waals surface area contributed by atoms with Gasteiger partial charge < -0.3 is 9.84 Å². The van der Waals surface area contributed by atoms with Gasteiger partial charge in [-0.2, -0.15) is 0 Å². The zero-order valence-corrected chi connectivity index (χ0v) is 13.2. The first-order valence-corrected chi connectivity index (χ1v) is 7.63. The molecule has 1 saturated heterocycles. The molecule has 0 aromatic heterocycles. The molecule has 19 heavy (non-hydrogen) atoms. The number of hydrogen-bond acceptors (Lipinski definition) is 3. The van der Waals surface area contributed by atoms with Crippen LogP contribution in [0.4, 0.5) is 0 Å². The lowest BCUT2D eigenvalue weighted by atomic mass is 10.1. The summed E-state index contributed by atoms with van der Waals surface area (Å²) in [6, 6.07) is 3.92. The van der Waals surface area contributed by atoms with Crippen molar-refractivity contribution in [2.75, 3.05) is 20.2 Å². The van der Waals surface area contributed by atoms with Crippen LogP contribution in [-0.4, -0.2) is 36.3 Å². The van der Waals surface area contributed by atoms with Crippen molar-refractivity contribution in [1.29, 1.82) is 0 Å². The first kappa shape index (κ1) is 14.8. The molecule has 106 valence electrons. The van der Waals surface area contributed by atoms with E-state index in [0.717, 1.165) is 41.7 Å². The standard InChI is InChI=1S/C15H22BrNO2/c1-11-7-13(16)8-12(15(11)18)9-17(2)10-14-5-3-4-6-19-14/h7-8,14,18H,3-6,9-10H2,1-2H3. The predicted molar refractivity (Wildman–Crippen MR) is 80.5 cm³/mol. The highest BCUT2D eigenvalue weighted by Gasteiger charge is 2.17. The van der Waals surface area contributed by atoms with Gasteiger partial charge in [0.1, 0.15) is 5.75 Å². The minimum Gasteiger partial charge on any atom is -0.507 e. The van der Waals surface area contributed by atoms with Gasteiger partial charge in [0.25, 0.3) is 0 Å². The van der Waals surface area contributed by atoms with Crippen molar-refractivity contribution in [2.24, 2.45) is 0 Å². The summed E-state index contributed by atoms with van der Waals surface area (Å²) in [6.45, 7) is 4.48. The lowest BCUT2D eigenvalue weighted by Gasteiger charge is -2.27. The molecule has 1 heterocycles. The van der Waals surface area contributed by atoms with Gasteiger partial charge in [-0.25, -0.2) is 0 Å². The van der Waals surface area contributed by atoms with Crippen LogP contribution in [0.25, 0.3) is 0 Å². The fraction of sp³-hybridized carbons (Fsp3) is 0.600. The molecule has 2 rings (SSSR count). The third kappa shape index (κ3) is 4.20. The quantitative estimate of drug-likeness (QED) is 0.919. The van der Waals surface area contributed by atoms with E-state index < -0.39 is 0 Å².